The summed E-state index contributed by atoms with van der Waals surface area (Å²) in [5.74, 6) is -1.12. The average Bonchev–Trinajstić information content (AvgIpc) is 2.29. The van der Waals surface area contributed by atoms with Crippen molar-refractivity contribution in [2.75, 3.05) is 0 Å². The third kappa shape index (κ3) is 2.18. The van der Waals surface area contributed by atoms with E-state index in [1.54, 1.807) is 0 Å². The molecule has 0 saturated heterocycles. The maximum Gasteiger partial charge on any atom is 0.347 e. The van der Waals surface area contributed by atoms with Crippen molar-refractivity contribution in [3.8, 4) is 0 Å². The van der Waals surface area contributed by atoms with Gasteiger partial charge in [-0.1, -0.05) is 22.9 Å². The van der Waals surface area contributed by atoms with Gasteiger partial charge < -0.3 is 10.2 Å². The van der Waals surface area contributed by atoms with E-state index in [4.69, 9.17) is 16.7 Å². The third-order valence-corrected chi connectivity index (χ3v) is 2.52. The van der Waals surface area contributed by atoms with E-state index in [1.807, 2.05) is 0 Å². The van der Waals surface area contributed by atoms with Crippen LogP contribution in [0, 0.1) is 0 Å². The number of carbonyl (C=O) groups is 1. The quantitative estimate of drug-likeness (QED) is 0.798. The Morgan fingerprint density at radius 3 is 2.46 bits per heavy atom. The maximum absolute atomic E-state index is 10.7. The molecule has 0 aromatic carbocycles. The zero-order valence-corrected chi connectivity index (χ0v) is 8.61. The fourth-order valence-corrected chi connectivity index (χ4v) is 1.95. The van der Waals surface area contributed by atoms with Crippen molar-refractivity contribution in [2.24, 2.45) is 0 Å². The Labute approximate surface area is 83.8 Å². The van der Waals surface area contributed by atoms with Gasteiger partial charge >= 0.3 is 5.97 Å². The Morgan fingerprint density at radius 2 is 2.15 bits per heavy atom. The Balaban J connectivity index is 3.28. The van der Waals surface area contributed by atoms with Crippen LogP contribution in [-0.4, -0.2) is 21.2 Å². The van der Waals surface area contributed by atoms with E-state index in [9.17, 15) is 9.90 Å². The van der Waals surface area contributed by atoms with Crippen LogP contribution >= 0.6 is 22.9 Å². The molecular weight excluding hydrogens is 214 g/mol. The molecule has 0 amide bonds. The molecule has 72 valence electrons. The minimum Gasteiger partial charge on any atom is -0.477 e. The van der Waals surface area contributed by atoms with Crippen LogP contribution in [0.4, 0.5) is 0 Å². The van der Waals surface area contributed by atoms with Gasteiger partial charge in [-0.25, -0.2) is 9.78 Å². The minimum absolute atomic E-state index is 0.0162. The van der Waals surface area contributed by atoms with Crippen LogP contribution in [0.15, 0.2) is 0 Å². The van der Waals surface area contributed by atoms with Crippen molar-refractivity contribution in [3.63, 3.8) is 0 Å². The molecule has 0 aliphatic rings. The van der Waals surface area contributed by atoms with Gasteiger partial charge in [0.1, 0.15) is 10.5 Å². The molecule has 0 spiro atoms. The highest BCUT2D eigenvalue weighted by molar-refractivity contribution is 7.17. The molecule has 0 atom stereocenters. The number of rotatable bonds is 2. The summed E-state index contributed by atoms with van der Waals surface area (Å²) < 4.78 is 0.120. The first-order chi connectivity index (χ1) is 5.82. The summed E-state index contributed by atoms with van der Waals surface area (Å²) in [6.07, 6.45) is 0. The summed E-state index contributed by atoms with van der Waals surface area (Å²) in [5, 5.41) is 18.3. The molecule has 1 heterocycles. The number of thiazole rings is 1. The first-order valence-electron chi connectivity index (χ1n) is 3.45. The van der Waals surface area contributed by atoms with E-state index in [-0.39, 0.29) is 15.0 Å². The lowest BCUT2D eigenvalue weighted by atomic mass is 10.0. The molecule has 1 aromatic rings. The Bertz CT molecular complexity index is 342. The number of hydrogen-bond donors (Lipinski definition) is 2. The highest BCUT2D eigenvalue weighted by Gasteiger charge is 2.28. The van der Waals surface area contributed by atoms with Crippen LogP contribution in [-0.2, 0) is 5.60 Å². The van der Waals surface area contributed by atoms with E-state index < -0.39 is 11.6 Å². The van der Waals surface area contributed by atoms with E-state index in [1.165, 1.54) is 13.8 Å². The molecule has 0 aliphatic heterocycles. The molecule has 0 unspecified atom stereocenters. The number of aromatic carboxylic acids is 1. The van der Waals surface area contributed by atoms with Crippen LogP contribution in [0.2, 0.25) is 4.47 Å². The number of nitrogens with zero attached hydrogens (tertiary/aromatic N) is 1. The second-order valence-corrected chi connectivity index (χ2v) is 4.59. The van der Waals surface area contributed by atoms with Gasteiger partial charge in [0.15, 0.2) is 4.47 Å². The predicted molar refractivity (Wildman–Crippen MR) is 49.3 cm³/mol. The average molecular weight is 222 g/mol. The van der Waals surface area contributed by atoms with Crippen molar-refractivity contribution >= 4 is 28.9 Å². The van der Waals surface area contributed by atoms with Crippen LogP contribution in [0.5, 0.6) is 0 Å². The van der Waals surface area contributed by atoms with Crippen molar-refractivity contribution in [1.29, 1.82) is 0 Å². The van der Waals surface area contributed by atoms with Crippen molar-refractivity contribution in [2.45, 2.75) is 19.4 Å². The van der Waals surface area contributed by atoms with Crippen molar-refractivity contribution in [1.82, 2.24) is 4.98 Å². The van der Waals surface area contributed by atoms with Crippen LogP contribution < -0.4 is 0 Å². The van der Waals surface area contributed by atoms with E-state index in [0.29, 0.717) is 0 Å². The van der Waals surface area contributed by atoms with E-state index in [0.717, 1.165) is 11.3 Å². The largest absolute Gasteiger partial charge is 0.477 e. The maximum atomic E-state index is 10.7. The van der Waals surface area contributed by atoms with Gasteiger partial charge in [0.25, 0.3) is 0 Å². The Morgan fingerprint density at radius 1 is 1.62 bits per heavy atom. The zero-order chi connectivity index (χ0) is 10.2. The molecular formula is C7H8ClNO3S. The Kier molecular flexibility index (Phi) is 2.61. The van der Waals surface area contributed by atoms with Gasteiger partial charge in [-0.05, 0) is 13.8 Å². The van der Waals surface area contributed by atoms with E-state index in [2.05, 4.69) is 4.98 Å². The lowest BCUT2D eigenvalue weighted by Crippen LogP contribution is -2.19. The summed E-state index contributed by atoms with van der Waals surface area (Å²) >= 11 is 6.39. The van der Waals surface area contributed by atoms with E-state index >= 15 is 0 Å². The smallest absolute Gasteiger partial charge is 0.347 e. The van der Waals surface area contributed by atoms with Gasteiger partial charge in [0.05, 0.1) is 5.69 Å². The third-order valence-electron chi connectivity index (χ3n) is 1.37. The summed E-state index contributed by atoms with van der Waals surface area (Å²) in [4.78, 5) is 14.4. The first kappa shape index (κ1) is 10.4. The van der Waals surface area contributed by atoms with Crippen LogP contribution in [0.25, 0.3) is 0 Å². The lowest BCUT2D eigenvalue weighted by molar-refractivity contribution is 0.0621. The van der Waals surface area contributed by atoms with Gasteiger partial charge in [0, 0.05) is 0 Å². The summed E-state index contributed by atoms with van der Waals surface area (Å²) in [6, 6.07) is 0. The fourth-order valence-electron chi connectivity index (χ4n) is 0.854. The number of hydrogen-bond acceptors (Lipinski definition) is 4. The second kappa shape index (κ2) is 3.25. The highest BCUT2D eigenvalue weighted by Crippen LogP contribution is 2.30. The molecule has 0 bridgehead atoms. The number of aliphatic hydroxyl groups is 1. The van der Waals surface area contributed by atoms with Crippen LogP contribution in [0.1, 0.15) is 29.2 Å². The standard InChI is InChI=1S/C7H8ClNO3S/c1-7(2,12)4-3(5(10)11)13-6(8)9-4/h12H,1-2H3,(H,10,11). The second-order valence-electron chi connectivity index (χ2n) is 3.01. The van der Waals surface area contributed by atoms with Crippen molar-refractivity contribution in [3.05, 3.63) is 15.0 Å². The van der Waals surface area contributed by atoms with Crippen molar-refractivity contribution < 1.29 is 15.0 Å². The number of carboxylic acids is 1. The molecule has 0 saturated carbocycles. The zero-order valence-electron chi connectivity index (χ0n) is 7.04. The predicted octanol–water partition coefficient (Wildman–Crippen LogP) is 1.72. The van der Waals surface area contributed by atoms with Gasteiger partial charge in [-0.2, -0.15) is 0 Å². The lowest BCUT2D eigenvalue weighted by Gasteiger charge is -2.14. The van der Waals surface area contributed by atoms with Gasteiger partial charge in [0.2, 0.25) is 0 Å². The van der Waals surface area contributed by atoms with Gasteiger partial charge in [-0.3, -0.25) is 0 Å². The molecule has 0 fully saturated rings. The molecule has 4 nitrogen and oxygen atoms in total. The normalized spacial score (nSPS) is 11.7. The SMILES string of the molecule is CC(C)(O)c1nc(Cl)sc1C(=O)O. The molecule has 1 aromatic heterocycles. The molecule has 6 heteroatoms. The number of aromatic nitrogens is 1. The molecule has 1 rings (SSSR count). The monoisotopic (exact) mass is 221 g/mol. The molecule has 13 heavy (non-hydrogen) atoms. The minimum atomic E-state index is -1.28. The topological polar surface area (TPSA) is 70.4 Å². The summed E-state index contributed by atoms with van der Waals surface area (Å²) in [6.45, 7) is 2.93. The number of carboxylic acid groups (broad SMARTS) is 1. The first-order valence-corrected chi connectivity index (χ1v) is 4.64. The summed E-state index contributed by atoms with van der Waals surface area (Å²) in [7, 11) is 0. The number of halogens is 1. The fraction of sp³-hybridized carbons (Fsp3) is 0.429. The Hall–Kier alpha value is -0.650. The summed E-state index contributed by atoms with van der Waals surface area (Å²) in [5.41, 5.74) is -1.17. The van der Waals surface area contributed by atoms with Crippen LogP contribution in [0.3, 0.4) is 0 Å². The highest BCUT2D eigenvalue weighted by atomic mass is 35.5. The molecule has 2 N–H and O–H groups in total. The molecule has 0 radical (unpaired) electrons. The van der Waals surface area contributed by atoms with Gasteiger partial charge in [-0.15, -0.1) is 0 Å². The molecule has 0 aliphatic carbocycles.